The number of carbonyl (C=O) groups is 1. The molecule has 1 heterocycles. The van der Waals surface area contributed by atoms with Gasteiger partial charge in [0.15, 0.2) is 9.84 Å². The number of sulfone groups is 1. The fourth-order valence-electron chi connectivity index (χ4n) is 4.90. The first-order chi connectivity index (χ1) is 19.3. The maximum Gasteiger partial charge on any atom is 0.321 e. The summed E-state index contributed by atoms with van der Waals surface area (Å²) in [6.07, 6.45) is 13.2. The molecule has 2 aromatic rings. The van der Waals surface area contributed by atoms with Crippen molar-refractivity contribution >= 4 is 45.2 Å². The van der Waals surface area contributed by atoms with Gasteiger partial charge >= 0.3 is 5.97 Å². The number of nitrogens with one attached hydrogen (secondary N) is 1. The number of rotatable bonds is 19. The zero-order chi connectivity index (χ0) is 29.0. The van der Waals surface area contributed by atoms with Gasteiger partial charge in [-0.2, -0.15) is 0 Å². The standard InChI is InChI=1S/C31H46N2O4S3/c1-4-5-6-7-8-9-10-11-12-16-21-39-33-23-38-28-22-26(19-20-27(28)33)40(36,37)30(25-17-14-13-15-18-25)32-29(24(2)3)31(34)35/h13-15,17-20,22,24,29-30,32H,4-12,16,21,23H2,1-3H3,(H,34,35)/t29-,30?/m1/s1. The van der Waals surface area contributed by atoms with Crippen molar-refractivity contribution in [1.82, 2.24) is 5.32 Å². The van der Waals surface area contributed by atoms with Crippen molar-refractivity contribution in [2.75, 3.05) is 15.9 Å². The predicted molar refractivity (Wildman–Crippen MR) is 170 cm³/mol. The van der Waals surface area contributed by atoms with Gasteiger partial charge in [-0.25, -0.2) is 8.42 Å². The number of carboxylic acid groups (broad SMARTS) is 1. The van der Waals surface area contributed by atoms with Gasteiger partial charge < -0.3 is 9.41 Å². The third-order valence-electron chi connectivity index (χ3n) is 7.29. The molecule has 1 aliphatic heterocycles. The number of unbranched alkanes of at least 4 members (excludes halogenated alkanes) is 9. The Morgan fingerprint density at radius 1 is 0.975 bits per heavy atom. The van der Waals surface area contributed by atoms with Crippen LogP contribution in [0.1, 0.15) is 95.9 Å². The molecule has 0 fully saturated rings. The Morgan fingerprint density at radius 2 is 1.60 bits per heavy atom. The minimum atomic E-state index is -3.91. The first kappa shape index (κ1) is 32.8. The molecule has 9 heteroatoms. The summed E-state index contributed by atoms with van der Waals surface area (Å²) >= 11 is 3.47. The van der Waals surface area contributed by atoms with Gasteiger partial charge in [-0.05, 0) is 48.0 Å². The molecule has 0 aliphatic carbocycles. The van der Waals surface area contributed by atoms with Crippen molar-refractivity contribution in [2.24, 2.45) is 5.92 Å². The number of thioether (sulfide) groups is 1. The second kappa shape index (κ2) is 16.7. The number of nitrogens with zero attached hydrogens (tertiary/aromatic N) is 1. The number of hydrogen-bond acceptors (Lipinski definition) is 7. The lowest BCUT2D eigenvalue weighted by Gasteiger charge is -2.26. The highest BCUT2D eigenvalue weighted by molar-refractivity contribution is 8.04. The molecule has 40 heavy (non-hydrogen) atoms. The number of fused-ring (bicyclic) bond motifs is 1. The molecule has 222 valence electrons. The summed E-state index contributed by atoms with van der Waals surface area (Å²) in [6, 6.07) is 13.1. The molecule has 0 aromatic heterocycles. The number of anilines is 1. The van der Waals surface area contributed by atoms with Crippen LogP contribution >= 0.6 is 23.7 Å². The van der Waals surface area contributed by atoms with E-state index in [2.05, 4.69) is 16.5 Å². The summed E-state index contributed by atoms with van der Waals surface area (Å²) < 4.78 is 30.1. The summed E-state index contributed by atoms with van der Waals surface area (Å²) in [5.41, 5.74) is 1.58. The number of benzene rings is 2. The van der Waals surface area contributed by atoms with Gasteiger partial charge in [-0.3, -0.25) is 10.1 Å². The van der Waals surface area contributed by atoms with E-state index in [-0.39, 0.29) is 10.8 Å². The van der Waals surface area contributed by atoms with Crippen LogP contribution in [0.5, 0.6) is 0 Å². The molecule has 2 aromatic carbocycles. The molecule has 2 N–H and O–H groups in total. The summed E-state index contributed by atoms with van der Waals surface area (Å²) in [6.45, 7) is 5.80. The van der Waals surface area contributed by atoms with Crippen molar-refractivity contribution < 1.29 is 18.3 Å². The first-order valence-electron chi connectivity index (χ1n) is 14.7. The Balaban J connectivity index is 1.59. The largest absolute Gasteiger partial charge is 0.480 e. The number of hydrogen-bond donors (Lipinski definition) is 2. The third-order valence-corrected chi connectivity index (χ3v) is 11.5. The quantitative estimate of drug-likeness (QED) is 0.122. The van der Waals surface area contributed by atoms with Gasteiger partial charge in [0.2, 0.25) is 0 Å². The molecule has 0 amide bonds. The zero-order valence-corrected chi connectivity index (χ0v) is 26.6. The monoisotopic (exact) mass is 606 g/mol. The van der Waals surface area contributed by atoms with Gasteiger partial charge in [0.05, 0.1) is 16.5 Å². The Morgan fingerprint density at radius 3 is 2.20 bits per heavy atom. The van der Waals surface area contributed by atoms with Crippen LogP contribution in [-0.4, -0.2) is 37.2 Å². The van der Waals surface area contributed by atoms with Gasteiger partial charge in [0.25, 0.3) is 0 Å². The average molecular weight is 607 g/mol. The van der Waals surface area contributed by atoms with Crippen LogP contribution in [0, 0.1) is 5.92 Å². The van der Waals surface area contributed by atoms with Gasteiger partial charge in [0, 0.05) is 10.6 Å². The molecule has 6 nitrogen and oxygen atoms in total. The Hall–Kier alpha value is -1.68. The molecule has 1 aliphatic rings. The van der Waals surface area contributed by atoms with Crippen LogP contribution in [-0.2, 0) is 14.6 Å². The van der Waals surface area contributed by atoms with E-state index < -0.39 is 27.2 Å². The lowest BCUT2D eigenvalue weighted by Crippen LogP contribution is -2.45. The van der Waals surface area contributed by atoms with Crippen LogP contribution < -0.4 is 9.62 Å². The molecule has 0 saturated heterocycles. The lowest BCUT2D eigenvalue weighted by atomic mass is 10.0. The highest BCUT2D eigenvalue weighted by Crippen LogP contribution is 2.44. The number of aliphatic carboxylic acids is 1. The Kier molecular flexibility index (Phi) is 13.7. The van der Waals surface area contributed by atoms with Crippen LogP contribution in [0.25, 0.3) is 0 Å². The predicted octanol–water partition coefficient (Wildman–Crippen LogP) is 8.30. The smallest absolute Gasteiger partial charge is 0.321 e. The normalized spacial score (nSPS) is 14.8. The highest BCUT2D eigenvalue weighted by Gasteiger charge is 2.35. The third kappa shape index (κ3) is 9.43. The summed E-state index contributed by atoms with van der Waals surface area (Å²) in [5.74, 6) is 0.500. The fourth-order valence-corrected chi connectivity index (χ4v) is 8.93. The van der Waals surface area contributed by atoms with Gasteiger partial charge in [-0.15, -0.1) is 11.8 Å². The second-order valence-electron chi connectivity index (χ2n) is 10.9. The van der Waals surface area contributed by atoms with Gasteiger partial charge in [0.1, 0.15) is 11.4 Å². The first-order valence-corrected chi connectivity index (χ1v) is 18.2. The van der Waals surface area contributed by atoms with Crippen LogP contribution in [0.4, 0.5) is 5.69 Å². The van der Waals surface area contributed by atoms with E-state index in [4.69, 9.17) is 0 Å². The van der Waals surface area contributed by atoms with E-state index >= 15 is 0 Å². The van der Waals surface area contributed by atoms with Crippen molar-refractivity contribution in [3.63, 3.8) is 0 Å². The van der Waals surface area contributed by atoms with Crippen LogP contribution in [0.2, 0.25) is 0 Å². The molecule has 1 unspecified atom stereocenters. The highest BCUT2D eigenvalue weighted by atomic mass is 32.2. The topological polar surface area (TPSA) is 86.7 Å². The van der Waals surface area contributed by atoms with Crippen LogP contribution in [0.3, 0.4) is 0 Å². The van der Waals surface area contributed by atoms with E-state index in [1.165, 1.54) is 64.2 Å². The van der Waals surface area contributed by atoms with Gasteiger partial charge in [-0.1, -0.05) is 109 Å². The van der Waals surface area contributed by atoms with E-state index in [0.717, 1.165) is 22.2 Å². The van der Waals surface area contributed by atoms with Crippen molar-refractivity contribution in [3.8, 4) is 0 Å². The minimum Gasteiger partial charge on any atom is -0.480 e. The zero-order valence-electron chi connectivity index (χ0n) is 24.2. The van der Waals surface area contributed by atoms with Crippen LogP contribution in [0.15, 0.2) is 58.3 Å². The minimum absolute atomic E-state index is 0.203. The summed E-state index contributed by atoms with van der Waals surface area (Å²) in [4.78, 5) is 13.1. The molecule has 0 bridgehead atoms. The Labute approximate surface area is 250 Å². The maximum absolute atomic E-state index is 13.9. The number of carboxylic acids is 1. The summed E-state index contributed by atoms with van der Waals surface area (Å²) in [5, 5.41) is 11.5. The second-order valence-corrected chi connectivity index (χ2v) is 15.0. The molecule has 0 radical (unpaired) electrons. The summed E-state index contributed by atoms with van der Waals surface area (Å²) in [7, 11) is -3.91. The van der Waals surface area contributed by atoms with Crippen molar-refractivity contribution in [1.29, 1.82) is 0 Å². The van der Waals surface area contributed by atoms with E-state index in [0.29, 0.717) is 5.56 Å². The molecule has 0 saturated carbocycles. The van der Waals surface area contributed by atoms with E-state index in [1.807, 2.05) is 24.1 Å². The average Bonchev–Trinajstić information content (AvgIpc) is 3.34. The maximum atomic E-state index is 13.9. The molecular formula is C31H46N2O4S3. The lowest BCUT2D eigenvalue weighted by molar-refractivity contribution is -0.140. The van der Waals surface area contributed by atoms with Crippen molar-refractivity contribution in [2.45, 2.75) is 106 Å². The van der Waals surface area contributed by atoms with Crippen molar-refractivity contribution in [3.05, 3.63) is 54.1 Å². The SMILES string of the molecule is CCCCCCCCCCCCSN1CSc2cc(S(=O)(=O)C(N[C@@H](C(=O)O)C(C)C)c3ccccc3)ccc21. The Bertz CT molecular complexity index is 1160. The fraction of sp³-hybridized carbons (Fsp3) is 0.581. The molecule has 3 rings (SSSR count). The molecular weight excluding hydrogens is 561 g/mol. The van der Waals surface area contributed by atoms with E-state index in [9.17, 15) is 18.3 Å². The molecule has 2 atom stereocenters. The van der Waals surface area contributed by atoms with E-state index in [1.54, 1.807) is 62.0 Å². The molecule has 0 spiro atoms.